The zero-order valence-electron chi connectivity index (χ0n) is 15.7. The molecule has 0 unspecified atom stereocenters. The molecule has 0 saturated heterocycles. The molecule has 138 valence electrons. The molecule has 27 heavy (non-hydrogen) atoms. The fraction of sp³-hybridized carbons (Fsp3) is 0.318. The topological polar surface area (TPSA) is 62.3 Å². The number of amides is 2. The molecule has 0 fully saturated rings. The summed E-state index contributed by atoms with van der Waals surface area (Å²) >= 11 is 0. The average Bonchev–Trinajstić information content (AvgIpc) is 2.70. The molecule has 2 heterocycles. The average molecular weight is 361 g/mol. The summed E-state index contributed by atoms with van der Waals surface area (Å²) in [5.74, 6) is 0.177. The van der Waals surface area contributed by atoms with Crippen molar-refractivity contribution in [2.24, 2.45) is 0 Å². The Balaban J connectivity index is 1.74. The van der Waals surface area contributed by atoms with Gasteiger partial charge in [0.2, 0.25) is 11.8 Å². The van der Waals surface area contributed by atoms with Crippen molar-refractivity contribution in [3.05, 3.63) is 53.4 Å². The van der Waals surface area contributed by atoms with Crippen molar-refractivity contribution < 1.29 is 9.59 Å². The van der Waals surface area contributed by atoms with Gasteiger partial charge in [-0.15, -0.1) is 0 Å². The normalized spacial score (nSPS) is 15.7. The zero-order valence-corrected chi connectivity index (χ0v) is 15.7. The number of aromatic nitrogens is 1. The molecule has 2 aliphatic rings. The lowest BCUT2D eigenvalue weighted by atomic mass is 9.88. The number of carbonyl (C=O) groups excluding carboxylic acids is 2. The molecule has 2 amide bonds. The van der Waals surface area contributed by atoms with Crippen LogP contribution in [0.2, 0.25) is 0 Å². The number of benzene rings is 1. The van der Waals surface area contributed by atoms with E-state index < -0.39 is 0 Å². The van der Waals surface area contributed by atoms with Crippen LogP contribution in [-0.2, 0) is 22.4 Å². The van der Waals surface area contributed by atoms with Crippen molar-refractivity contribution >= 4 is 23.2 Å². The van der Waals surface area contributed by atoms with Gasteiger partial charge in [-0.2, -0.15) is 0 Å². The Morgan fingerprint density at radius 1 is 1.19 bits per heavy atom. The Labute approximate surface area is 159 Å². The van der Waals surface area contributed by atoms with Crippen LogP contribution in [0.3, 0.4) is 0 Å². The van der Waals surface area contributed by atoms with Crippen LogP contribution in [0.15, 0.2) is 36.7 Å². The molecule has 1 aliphatic carbocycles. The van der Waals surface area contributed by atoms with E-state index in [2.05, 4.69) is 28.5 Å². The molecule has 0 bridgehead atoms. The standard InChI is InChI=1S/C22H23N3O2/c1-3-21(26)24-19-6-4-5-16-17(12-23-13-18(16)19)14-7-9-20-15(11-14)8-10-22(27)25(20)2/h6-7,9,11-13H,3-5,8,10H2,1-2H3,(H,24,26). The first-order valence-electron chi connectivity index (χ1n) is 9.45. The van der Waals surface area contributed by atoms with Gasteiger partial charge < -0.3 is 10.2 Å². The largest absolute Gasteiger partial charge is 0.326 e. The van der Waals surface area contributed by atoms with Gasteiger partial charge in [0.25, 0.3) is 0 Å². The molecule has 0 radical (unpaired) electrons. The second kappa shape index (κ2) is 6.99. The number of carbonyl (C=O) groups is 2. The molecule has 5 heteroatoms. The van der Waals surface area contributed by atoms with Crippen LogP contribution in [0.4, 0.5) is 5.69 Å². The number of fused-ring (bicyclic) bond motifs is 2. The second-order valence-corrected chi connectivity index (χ2v) is 7.07. The maximum Gasteiger partial charge on any atom is 0.227 e. The lowest BCUT2D eigenvalue weighted by Gasteiger charge is -2.27. The van der Waals surface area contributed by atoms with Crippen LogP contribution >= 0.6 is 0 Å². The third-order valence-electron chi connectivity index (χ3n) is 5.42. The Morgan fingerprint density at radius 2 is 2.00 bits per heavy atom. The summed E-state index contributed by atoms with van der Waals surface area (Å²) in [6.07, 6.45) is 9.42. The van der Waals surface area contributed by atoms with E-state index in [1.165, 1.54) is 11.1 Å². The summed E-state index contributed by atoms with van der Waals surface area (Å²) < 4.78 is 0. The van der Waals surface area contributed by atoms with E-state index in [0.29, 0.717) is 12.8 Å². The monoisotopic (exact) mass is 361 g/mol. The Bertz CT molecular complexity index is 962. The van der Waals surface area contributed by atoms with Gasteiger partial charge in [0.15, 0.2) is 0 Å². The van der Waals surface area contributed by atoms with E-state index >= 15 is 0 Å². The number of hydrogen-bond acceptors (Lipinski definition) is 3. The zero-order chi connectivity index (χ0) is 19.0. The lowest BCUT2D eigenvalue weighted by Crippen LogP contribution is -2.31. The van der Waals surface area contributed by atoms with Crippen molar-refractivity contribution in [2.75, 3.05) is 11.9 Å². The fourth-order valence-corrected chi connectivity index (χ4v) is 3.89. The minimum Gasteiger partial charge on any atom is -0.326 e. The molecular weight excluding hydrogens is 338 g/mol. The fourth-order valence-electron chi connectivity index (χ4n) is 3.89. The summed E-state index contributed by atoms with van der Waals surface area (Å²) in [4.78, 5) is 30.0. The quantitative estimate of drug-likeness (QED) is 0.910. The third kappa shape index (κ3) is 3.14. The molecule has 0 atom stereocenters. The van der Waals surface area contributed by atoms with E-state index in [9.17, 15) is 9.59 Å². The predicted octanol–water partition coefficient (Wildman–Crippen LogP) is 3.47. The molecule has 0 saturated carbocycles. The Hall–Kier alpha value is -2.95. The molecule has 1 aliphatic heterocycles. The highest BCUT2D eigenvalue weighted by Crippen LogP contribution is 2.36. The van der Waals surface area contributed by atoms with Gasteiger partial charge in [0.05, 0.1) is 0 Å². The molecule has 1 aromatic carbocycles. The second-order valence-electron chi connectivity index (χ2n) is 7.07. The number of hydrogen-bond donors (Lipinski definition) is 1. The maximum atomic E-state index is 11.9. The van der Waals surface area contributed by atoms with Gasteiger partial charge in [0, 0.05) is 54.8 Å². The van der Waals surface area contributed by atoms with Gasteiger partial charge >= 0.3 is 0 Å². The van der Waals surface area contributed by atoms with E-state index in [1.807, 2.05) is 32.4 Å². The van der Waals surface area contributed by atoms with Gasteiger partial charge in [-0.1, -0.05) is 19.1 Å². The smallest absolute Gasteiger partial charge is 0.227 e. The van der Waals surface area contributed by atoms with Gasteiger partial charge in [-0.3, -0.25) is 14.6 Å². The number of pyridine rings is 1. The van der Waals surface area contributed by atoms with Crippen molar-refractivity contribution in [3.8, 4) is 11.1 Å². The van der Waals surface area contributed by atoms with Crippen molar-refractivity contribution in [3.63, 3.8) is 0 Å². The van der Waals surface area contributed by atoms with Crippen LogP contribution < -0.4 is 10.2 Å². The minimum absolute atomic E-state index is 0.0148. The maximum absolute atomic E-state index is 11.9. The lowest BCUT2D eigenvalue weighted by molar-refractivity contribution is -0.120. The number of allylic oxidation sites excluding steroid dienone is 1. The van der Waals surface area contributed by atoms with Crippen LogP contribution in [-0.4, -0.2) is 23.8 Å². The highest BCUT2D eigenvalue weighted by Gasteiger charge is 2.23. The number of aryl methyl sites for hydroxylation is 1. The first kappa shape index (κ1) is 17.5. The molecule has 5 nitrogen and oxygen atoms in total. The summed E-state index contributed by atoms with van der Waals surface area (Å²) in [6, 6.07) is 6.27. The van der Waals surface area contributed by atoms with E-state index in [0.717, 1.165) is 47.3 Å². The highest BCUT2D eigenvalue weighted by molar-refractivity contribution is 5.96. The molecule has 0 spiro atoms. The third-order valence-corrected chi connectivity index (χ3v) is 5.42. The highest BCUT2D eigenvalue weighted by atomic mass is 16.2. The molecule has 1 aromatic heterocycles. The minimum atomic E-state index is 0.0148. The summed E-state index contributed by atoms with van der Waals surface area (Å²) in [5, 5.41) is 3.00. The molecular formula is C22H23N3O2. The Morgan fingerprint density at radius 3 is 2.81 bits per heavy atom. The van der Waals surface area contributed by atoms with Crippen molar-refractivity contribution in [2.45, 2.75) is 39.0 Å². The predicted molar refractivity (Wildman–Crippen MR) is 106 cm³/mol. The molecule has 1 N–H and O–H groups in total. The Kier molecular flexibility index (Phi) is 4.52. The number of rotatable bonds is 3. The van der Waals surface area contributed by atoms with Crippen LogP contribution in [0.1, 0.15) is 42.9 Å². The van der Waals surface area contributed by atoms with Gasteiger partial charge in [-0.05, 0) is 48.1 Å². The SMILES string of the molecule is CCC(=O)NC1=CCCc2c1cncc2-c1ccc2c(c1)CCC(=O)N2C. The van der Waals surface area contributed by atoms with E-state index in [-0.39, 0.29) is 11.8 Å². The first-order valence-corrected chi connectivity index (χ1v) is 9.45. The first-order chi connectivity index (χ1) is 13.1. The van der Waals surface area contributed by atoms with Crippen molar-refractivity contribution in [1.82, 2.24) is 10.3 Å². The van der Waals surface area contributed by atoms with Crippen LogP contribution in [0, 0.1) is 0 Å². The van der Waals surface area contributed by atoms with Gasteiger partial charge in [-0.25, -0.2) is 0 Å². The van der Waals surface area contributed by atoms with E-state index in [4.69, 9.17) is 0 Å². The van der Waals surface area contributed by atoms with Crippen molar-refractivity contribution in [1.29, 1.82) is 0 Å². The van der Waals surface area contributed by atoms with Crippen LogP contribution in [0.5, 0.6) is 0 Å². The molecule has 4 rings (SSSR count). The summed E-state index contributed by atoms with van der Waals surface area (Å²) in [7, 11) is 1.83. The van der Waals surface area contributed by atoms with E-state index in [1.54, 1.807) is 4.90 Å². The number of nitrogens with one attached hydrogen (secondary N) is 1. The van der Waals surface area contributed by atoms with Gasteiger partial charge in [0.1, 0.15) is 0 Å². The van der Waals surface area contributed by atoms with Crippen LogP contribution in [0.25, 0.3) is 16.8 Å². The summed E-state index contributed by atoms with van der Waals surface area (Å²) in [5.41, 5.74) is 7.49. The number of nitrogens with zero attached hydrogens (tertiary/aromatic N) is 2. The molecule has 2 aromatic rings. The number of anilines is 1. The summed E-state index contributed by atoms with van der Waals surface area (Å²) in [6.45, 7) is 1.85.